The molecular weight excluding hydrogens is 255 g/mol. The number of hydrogen-bond donors (Lipinski definition) is 0. The fraction of sp³-hybridized carbons (Fsp3) is 0.200. The van der Waals surface area contributed by atoms with Crippen LogP contribution in [0.5, 0.6) is 0 Å². The first-order valence-corrected chi connectivity index (χ1v) is 5.00. The van der Waals surface area contributed by atoms with Crippen molar-refractivity contribution in [3.63, 3.8) is 0 Å². The van der Waals surface area contributed by atoms with Gasteiger partial charge in [-0.1, -0.05) is 11.6 Å². The molecule has 0 aliphatic heterocycles. The molecule has 0 aliphatic rings. The van der Waals surface area contributed by atoms with E-state index in [2.05, 4.69) is 10.1 Å². The highest BCUT2D eigenvalue weighted by atomic mass is 35.5. The molecule has 0 saturated carbocycles. The molecule has 0 spiro atoms. The zero-order valence-electron chi connectivity index (χ0n) is 8.66. The molecule has 7 heteroatoms. The Hall–Kier alpha value is -1.56. The summed E-state index contributed by atoms with van der Waals surface area (Å²) in [5.74, 6) is 0.174. The number of pyridine rings is 1. The summed E-state index contributed by atoms with van der Waals surface area (Å²) in [5.41, 5.74) is -0.0158. The molecule has 2 aromatic heterocycles. The summed E-state index contributed by atoms with van der Waals surface area (Å²) in [6.45, 7) is 1.81. The first-order valence-electron chi connectivity index (χ1n) is 4.62. The summed E-state index contributed by atoms with van der Waals surface area (Å²) in [6.07, 6.45) is -0.523. The Bertz CT molecular complexity index is 548. The van der Waals surface area contributed by atoms with Crippen LogP contribution >= 0.6 is 11.6 Å². The van der Waals surface area contributed by atoms with E-state index in [4.69, 9.17) is 11.6 Å². The van der Waals surface area contributed by atoms with Crippen molar-refractivity contribution in [2.45, 2.75) is 13.1 Å². The number of halogens is 4. The van der Waals surface area contributed by atoms with E-state index in [-0.39, 0.29) is 10.8 Å². The maximum Gasteiger partial charge on any atom is 0.417 e. The van der Waals surface area contributed by atoms with Crippen molar-refractivity contribution >= 4 is 11.6 Å². The van der Waals surface area contributed by atoms with Gasteiger partial charge in [-0.25, -0.2) is 9.67 Å². The van der Waals surface area contributed by atoms with Crippen LogP contribution in [0, 0.1) is 6.92 Å². The Morgan fingerprint density at radius 1 is 1.29 bits per heavy atom. The van der Waals surface area contributed by atoms with Crippen molar-refractivity contribution in [1.29, 1.82) is 0 Å². The van der Waals surface area contributed by atoms with Crippen molar-refractivity contribution in [1.82, 2.24) is 14.8 Å². The standard InChI is InChI=1S/C10H7ClF3N3/c1-6-3-16-17(5-6)9-8(11)2-7(4-15-9)10(12,13)14/h2-5H,1H3. The summed E-state index contributed by atoms with van der Waals surface area (Å²) < 4.78 is 38.5. The molecule has 0 N–H and O–H groups in total. The molecule has 0 aliphatic carbocycles. The van der Waals surface area contributed by atoms with Crippen LogP contribution in [0.25, 0.3) is 5.82 Å². The molecule has 90 valence electrons. The molecule has 0 unspecified atom stereocenters. The van der Waals surface area contributed by atoms with Crippen LogP contribution in [-0.4, -0.2) is 14.8 Å². The van der Waals surface area contributed by atoms with E-state index in [1.165, 1.54) is 4.68 Å². The van der Waals surface area contributed by atoms with E-state index >= 15 is 0 Å². The predicted octanol–water partition coefficient (Wildman–Crippen LogP) is 3.25. The minimum Gasteiger partial charge on any atom is -0.235 e. The Labute approximate surface area is 99.8 Å². The van der Waals surface area contributed by atoms with Crippen LogP contribution in [0.1, 0.15) is 11.1 Å². The van der Waals surface area contributed by atoms with Gasteiger partial charge < -0.3 is 0 Å². The third-order valence-corrected chi connectivity index (χ3v) is 2.36. The van der Waals surface area contributed by atoms with Gasteiger partial charge in [-0.05, 0) is 18.6 Å². The molecular formula is C10H7ClF3N3. The van der Waals surface area contributed by atoms with Crippen LogP contribution in [0.4, 0.5) is 13.2 Å². The van der Waals surface area contributed by atoms with Crippen molar-refractivity contribution < 1.29 is 13.2 Å². The molecule has 0 fully saturated rings. The molecule has 17 heavy (non-hydrogen) atoms. The van der Waals surface area contributed by atoms with Gasteiger partial charge in [-0.15, -0.1) is 0 Å². The highest BCUT2D eigenvalue weighted by Gasteiger charge is 2.31. The van der Waals surface area contributed by atoms with E-state index in [0.29, 0.717) is 0 Å². The van der Waals surface area contributed by atoms with E-state index in [0.717, 1.165) is 17.8 Å². The van der Waals surface area contributed by atoms with Gasteiger partial charge in [-0.2, -0.15) is 18.3 Å². The monoisotopic (exact) mass is 261 g/mol. The molecule has 0 radical (unpaired) electrons. The van der Waals surface area contributed by atoms with Gasteiger partial charge in [-0.3, -0.25) is 0 Å². The number of rotatable bonds is 1. The zero-order chi connectivity index (χ0) is 12.6. The lowest BCUT2D eigenvalue weighted by Crippen LogP contribution is -2.07. The van der Waals surface area contributed by atoms with Gasteiger partial charge in [0.2, 0.25) is 0 Å². The number of aryl methyl sites for hydroxylation is 1. The highest BCUT2D eigenvalue weighted by Crippen LogP contribution is 2.31. The first-order chi connectivity index (χ1) is 7.88. The molecule has 0 saturated heterocycles. The fourth-order valence-electron chi connectivity index (χ4n) is 1.28. The first kappa shape index (κ1) is 11.9. The normalized spacial score (nSPS) is 11.8. The maximum absolute atomic E-state index is 12.4. The maximum atomic E-state index is 12.4. The molecule has 0 atom stereocenters. The Morgan fingerprint density at radius 2 is 2.00 bits per heavy atom. The van der Waals surface area contributed by atoms with Gasteiger partial charge in [0, 0.05) is 12.4 Å². The summed E-state index contributed by atoms with van der Waals surface area (Å²) in [7, 11) is 0. The van der Waals surface area contributed by atoms with E-state index in [9.17, 15) is 13.2 Å². The van der Waals surface area contributed by atoms with Gasteiger partial charge in [0.05, 0.1) is 16.8 Å². The number of alkyl halides is 3. The van der Waals surface area contributed by atoms with Gasteiger partial charge >= 0.3 is 6.18 Å². The third kappa shape index (κ3) is 2.41. The van der Waals surface area contributed by atoms with Crippen molar-refractivity contribution in [2.75, 3.05) is 0 Å². The molecule has 2 rings (SSSR count). The molecule has 3 nitrogen and oxygen atoms in total. The van der Waals surface area contributed by atoms with Crippen LogP contribution in [0.15, 0.2) is 24.7 Å². The second-order valence-corrected chi connectivity index (χ2v) is 3.90. The Morgan fingerprint density at radius 3 is 2.47 bits per heavy atom. The van der Waals surface area contributed by atoms with Crippen LogP contribution in [-0.2, 0) is 6.18 Å². The van der Waals surface area contributed by atoms with Crippen LogP contribution < -0.4 is 0 Å². The van der Waals surface area contributed by atoms with E-state index < -0.39 is 11.7 Å². The molecule has 0 amide bonds. The fourth-order valence-corrected chi connectivity index (χ4v) is 1.54. The lowest BCUT2D eigenvalue weighted by Gasteiger charge is -2.08. The Balaban J connectivity index is 2.45. The summed E-state index contributed by atoms with van der Waals surface area (Å²) in [5, 5.41) is 3.83. The lowest BCUT2D eigenvalue weighted by molar-refractivity contribution is -0.137. The summed E-state index contributed by atoms with van der Waals surface area (Å²) in [6, 6.07) is 0.834. The highest BCUT2D eigenvalue weighted by molar-refractivity contribution is 6.32. The summed E-state index contributed by atoms with van der Waals surface area (Å²) in [4.78, 5) is 3.68. The van der Waals surface area contributed by atoms with Crippen LogP contribution in [0.3, 0.4) is 0 Å². The van der Waals surface area contributed by atoms with Crippen molar-refractivity contribution in [3.8, 4) is 5.82 Å². The second kappa shape index (κ2) is 4.03. The van der Waals surface area contributed by atoms with Gasteiger partial charge in [0.15, 0.2) is 5.82 Å². The largest absolute Gasteiger partial charge is 0.417 e. The minimum atomic E-state index is -4.45. The number of hydrogen-bond acceptors (Lipinski definition) is 2. The molecule has 0 bridgehead atoms. The average Bonchev–Trinajstić information content (AvgIpc) is 2.63. The van der Waals surface area contributed by atoms with Crippen LogP contribution in [0.2, 0.25) is 5.02 Å². The number of nitrogens with zero attached hydrogens (tertiary/aromatic N) is 3. The molecule has 2 aromatic rings. The Kier molecular flexibility index (Phi) is 2.82. The minimum absolute atomic E-state index is 0.0945. The van der Waals surface area contributed by atoms with Gasteiger partial charge in [0.25, 0.3) is 0 Å². The lowest BCUT2D eigenvalue weighted by atomic mass is 10.3. The topological polar surface area (TPSA) is 30.7 Å². The molecule has 0 aromatic carbocycles. The van der Waals surface area contributed by atoms with E-state index in [1.54, 1.807) is 12.4 Å². The quantitative estimate of drug-likeness (QED) is 0.789. The smallest absolute Gasteiger partial charge is 0.235 e. The second-order valence-electron chi connectivity index (χ2n) is 3.49. The summed E-state index contributed by atoms with van der Waals surface area (Å²) >= 11 is 5.76. The van der Waals surface area contributed by atoms with E-state index in [1.807, 2.05) is 6.92 Å². The van der Waals surface area contributed by atoms with Crippen molar-refractivity contribution in [3.05, 3.63) is 40.8 Å². The predicted molar refractivity (Wildman–Crippen MR) is 56.1 cm³/mol. The average molecular weight is 262 g/mol. The van der Waals surface area contributed by atoms with Crippen molar-refractivity contribution in [2.24, 2.45) is 0 Å². The third-order valence-electron chi connectivity index (χ3n) is 2.08. The number of aromatic nitrogens is 3. The molecule has 2 heterocycles. The SMILES string of the molecule is Cc1cnn(-c2ncc(C(F)(F)F)cc2Cl)c1. The van der Waals surface area contributed by atoms with Gasteiger partial charge in [0.1, 0.15) is 0 Å². The zero-order valence-corrected chi connectivity index (χ0v) is 9.42.